The van der Waals surface area contributed by atoms with Gasteiger partial charge in [0.05, 0.1) is 15.8 Å². The number of carbonyl (C=O) groups is 1. The van der Waals surface area contributed by atoms with Crippen molar-refractivity contribution in [1.82, 2.24) is 0 Å². The summed E-state index contributed by atoms with van der Waals surface area (Å²) >= 11 is 6.73. The van der Waals surface area contributed by atoms with Crippen molar-refractivity contribution >= 4 is 37.8 Å². The first-order valence-electron chi connectivity index (χ1n) is 2.90. The van der Waals surface area contributed by atoms with Crippen molar-refractivity contribution in [2.45, 2.75) is 16.6 Å². The van der Waals surface area contributed by atoms with Crippen LogP contribution in [0.4, 0.5) is 0 Å². The van der Waals surface area contributed by atoms with Crippen LogP contribution >= 0.6 is 31.9 Å². The number of ether oxygens (including phenoxy) is 1. The molecule has 0 aromatic rings. The number of alkyl halides is 2. The summed E-state index contributed by atoms with van der Waals surface area (Å²) < 4.78 is 4.39. The van der Waals surface area contributed by atoms with Crippen molar-refractivity contribution in [3.63, 3.8) is 0 Å². The van der Waals surface area contributed by atoms with Crippen LogP contribution in [0, 0.1) is 5.41 Å². The molecule has 0 bridgehead atoms. The minimum atomic E-state index is -0.373. The molecule has 2 nitrogen and oxygen atoms in total. The predicted octanol–water partition coefficient (Wildman–Crippen LogP) is 2.06. The molecule has 10 heavy (non-hydrogen) atoms. The van der Waals surface area contributed by atoms with Gasteiger partial charge < -0.3 is 4.74 Å². The van der Waals surface area contributed by atoms with Crippen molar-refractivity contribution in [2.75, 3.05) is 7.11 Å². The standard InChI is InChI=1S/C6H8Br2O2/c1-5(4(9)10-2)3-6(5,7)8/h3H2,1-2H3/t5-/m1/s1. The lowest BCUT2D eigenvalue weighted by atomic mass is 10.1. The summed E-state index contributed by atoms with van der Waals surface area (Å²) in [6.07, 6.45) is 0.784. The number of rotatable bonds is 1. The van der Waals surface area contributed by atoms with Crippen LogP contribution in [-0.4, -0.2) is 16.3 Å². The quantitative estimate of drug-likeness (QED) is 0.539. The minimum Gasteiger partial charge on any atom is -0.469 e. The first-order valence-corrected chi connectivity index (χ1v) is 4.49. The van der Waals surface area contributed by atoms with Gasteiger partial charge in [0.1, 0.15) is 0 Å². The lowest BCUT2D eigenvalue weighted by Crippen LogP contribution is -2.18. The number of carbonyl (C=O) groups excluding carboxylic acids is 1. The Balaban J connectivity index is 2.68. The summed E-state index contributed by atoms with van der Waals surface area (Å²) in [5.74, 6) is -0.166. The van der Waals surface area contributed by atoms with Gasteiger partial charge in [-0.05, 0) is 13.3 Å². The van der Waals surface area contributed by atoms with Crippen LogP contribution in [0.15, 0.2) is 0 Å². The summed E-state index contributed by atoms with van der Waals surface area (Å²) in [7, 11) is 1.40. The highest BCUT2D eigenvalue weighted by Gasteiger charge is 2.67. The molecule has 0 amide bonds. The molecule has 1 atom stereocenters. The molecule has 0 radical (unpaired) electrons. The van der Waals surface area contributed by atoms with Crippen molar-refractivity contribution in [3.05, 3.63) is 0 Å². The first-order chi connectivity index (χ1) is 4.44. The fourth-order valence-corrected chi connectivity index (χ4v) is 2.29. The molecule has 4 heteroatoms. The largest absolute Gasteiger partial charge is 0.469 e. The maximum atomic E-state index is 11.0. The molecule has 0 aromatic heterocycles. The Morgan fingerprint density at radius 2 is 2.00 bits per heavy atom. The second-order valence-corrected chi connectivity index (χ2v) is 6.48. The van der Waals surface area contributed by atoms with Crippen LogP contribution in [0.5, 0.6) is 0 Å². The molecule has 1 aliphatic rings. The van der Waals surface area contributed by atoms with E-state index < -0.39 is 0 Å². The van der Waals surface area contributed by atoms with Crippen LogP contribution < -0.4 is 0 Å². The van der Waals surface area contributed by atoms with E-state index in [0.717, 1.165) is 6.42 Å². The summed E-state index contributed by atoms with van der Waals surface area (Å²) in [6, 6.07) is 0. The molecule has 1 rings (SSSR count). The van der Waals surface area contributed by atoms with Crippen LogP contribution in [-0.2, 0) is 9.53 Å². The highest BCUT2D eigenvalue weighted by Crippen LogP contribution is 2.66. The Bertz CT molecular complexity index is 179. The lowest BCUT2D eigenvalue weighted by molar-refractivity contribution is -0.146. The van der Waals surface area contributed by atoms with Gasteiger partial charge in [0.2, 0.25) is 0 Å². The van der Waals surface area contributed by atoms with Crippen LogP contribution in [0.1, 0.15) is 13.3 Å². The van der Waals surface area contributed by atoms with Crippen molar-refractivity contribution in [1.29, 1.82) is 0 Å². The average molecular weight is 272 g/mol. The van der Waals surface area contributed by atoms with Gasteiger partial charge in [-0.15, -0.1) is 0 Å². The number of halogens is 2. The molecular formula is C6H8Br2O2. The molecular weight excluding hydrogens is 264 g/mol. The van der Waals surface area contributed by atoms with Gasteiger partial charge in [-0.2, -0.15) is 0 Å². The summed E-state index contributed by atoms with van der Waals surface area (Å²) in [6.45, 7) is 1.86. The Hall–Kier alpha value is 0.430. The van der Waals surface area contributed by atoms with Gasteiger partial charge in [-0.1, -0.05) is 31.9 Å². The van der Waals surface area contributed by atoms with E-state index in [1.165, 1.54) is 7.11 Å². The van der Waals surface area contributed by atoms with Crippen LogP contribution in [0.25, 0.3) is 0 Å². The topological polar surface area (TPSA) is 26.3 Å². The number of esters is 1. The maximum absolute atomic E-state index is 11.0. The maximum Gasteiger partial charge on any atom is 0.313 e. The van der Waals surface area contributed by atoms with Gasteiger partial charge in [-0.3, -0.25) is 4.79 Å². The number of methoxy groups -OCH3 is 1. The molecule has 0 unspecified atom stereocenters. The Kier molecular flexibility index (Phi) is 1.88. The number of hydrogen-bond donors (Lipinski definition) is 0. The van der Waals surface area contributed by atoms with Crippen molar-refractivity contribution < 1.29 is 9.53 Å². The third kappa shape index (κ3) is 1.01. The highest BCUT2D eigenvalue weighted by atomic mass is 79.9. The molecule has 1 saturated carbocycles. The summed E-state index contributed by atoms with van der Waals surface area (Å²) in [4.78, 5) is 11.0. The lowest BCUT2D eigenvalue weighted by Gasteiger charge is -2.07. The molecule has 0 spiro atoms. The zero-order valence-electron chi connectivity index (χ0n) is 5.78. The second kappa shape index (κ2) is 2.21. The minimum absolute atomic E-state index is 0.166. The van der Waals surface area contributed by atoms with Gasteiger partial charge in [0.15, 0.2) is 0 Å². The molecule has 1 fully saturated rings. The van der Waals surface area contributed by atoms with Crippen molar-refractivity contribution in [3.8, 4) is 0 Å². The fraction of sp³-hybridized carbons (Fsp3) is 0.833. The van der Waals surface area contributed by atoms with Crippen LogP contribution in [0.2, 0.25) is 0 Å². The fourth-order valence-electron chi connectivity index (χ4n) is 0.847. The van der Waals surface area contributed by atoms with E-state index in [1.807, 2.05) is 6.92 Å². The van der Waals surface area contributed by atoms with Gasteiger partial charge in [-0.25, -0.2) is 0 Å². The van der Waals surface area contributed by atoms with Gasteiger partial charge in [0, 0.05) is 0 Å². The van der Waals surface area contributed by atoms with E-state index in [4.69, 9.17) is 0 Å². The second-order valence-electron chi connectivity index (χ2n) is 2.70. The molecule has 0 N–H and O–H groups in total. The average Bonchev–Trinajstić information content (AvgIpc) is 2.32. The van der Waals surface area contributed by atoms with Gasteiger partial charge >= 0.3 is 5.97 Å². The molecule has 58 valence electrons. The van der Waals surface area contributed by atoms with E-state index >= 15 is 0 Å². The van der Waals surface area contributed by atoms with E-state index in [9.17, 15) is 4.79 Å². The molecule has 0 aliphatic heterocycles. The van der Waals surface area contributed by atoms with Crippen molar-refractivity contribution in [2.24, 2.45) is 5.41 Å². The normalized spacial score (nSPS) is 35.2. The SMILES string of the molecule is COC(=O)[C@@]1(C)CC1(Br)Br. The molecule has 0 saturated heterocycles. The molecule has 0 heterocycles. The van der Waals surface area contributed by atoms with E-state index in [1.54, 1.807) is 0 Å². The molecule has 1 aliphatic carbocycles. The summed E-state index contributed by atoms with van der Waals surface area (Å²) in [5, 5.41) is 0. The third-order valence-electron chi connectivity index (χ3n) is 1.89. The predicted molar refractivity (Wildman–Crippen MR) is 45.3 cm³/mol. The van der Waals surface area contributed by atoms with E-state index in [2.05, 4.69) is 36.6 Å². The summed E-state index contributed by atoms with van der Waals surface area (Å²) in [5.41, 5.74) is -0.373. The Morgan fingerprint density at radius 3 is 2.10 bits per heavy atom. The molecule has 0 aromatic carbocycles. The Morgan fingerprint density at radius 1 is 1.60 bits per heavy atom. The first kappa shape index (κ1) is 8.53. The Labute approximate surface area is 76.6 Å². The highest BCUT2D eigenvalue weighted by molar-refractivity contribution is 9.25. The zero-order chi connectivity index (χ0) is 7.99. The zero-order valence-corrected chi connectivity index (χ0v) is 8.95. The number of hydrogen-bond acceptors (Lipinski definition) is 2. The van der Waals surface area contributed by atoms with Gasteiger partial charge in [0.25, 0.3) is 0 Å². The van der Waals surface area contributed by atoms with E-state index in [-0.39, 0.29) is 14.6 Å². The van der Waals surface area contributed by atoms with E-state index in [0.29, 0.717) is 0 Å². The van der Waals surface area contributed by atoms with Crippen LogP contribution in [0.3, 0.4) is 0 Å². The monoisotopic (exact) mass is 270 g/mol. The third-order valence-corrected chi connectivity index (χ3v) is 4.20. The smallest absolute Gasteiger partial charge is 0.313 e.